The molecule has 3 rings (SSSR count). The third-order valence-corrected chi connectivity index (χ3v) is 4.28. The van der Waals surface area contributed by atoms with Crippen molar-refractivity contribution in [3.05, 3.63) is 56.0 Å². The molecule has 0 aliphatic rings. The van der Waals surface area contributed by atoms with Crippen molar-refractivity contribution < 1.29 is 9.90 Å². The fourth-order valence-corrected chi connectivity index (χ4v) is 3.54. The van der Waals surface area contributed by atoms with E-state index in [4.69, 9.17) is 46.4 Å². The zero-order valence-electron chi connectivity index (χ0n) is 10.3. The van der Waals surface area contributed by atoms with Crippen LogP contribution in [-0.2, 0) is 0 Å². The van der Waals surface area contributed by atoms with E-state index in [0.717, 1.165) is 0 Å². The number of hydrogen-bond acceptors (Lipinski definition) is 1. The molecular weight excluding hydrogens is 354 g/mol. The van der Waals surface area contributed by atoms with E-state index in [9.17, 15) is 9.90 Å². The van der Waals surface area contributed by atoms with Crippen LogP contribution in [0.1, 0.15) is 10.4 Å². The van der Waals surface area contributed by atoms with Gasteiger partial charge in [0.1, 0.15) is 0 Å². The maximum absolute atomic E-state index is 11.5. The highest BCUT2D eigenvalue weighted by Gasteiger charge is 2.17. The van der Waals surface area contributed by atoms with E-state index in [1.54, 1.807) is 24.3 Å². The normalized spacial score (nSPS) is 11.2. The minimum atomic E-state index is -1.08. The lowest BCUT2D eigenvalue weighted by atomic mass is 9.97. The van der Waals surface area contributed by atoms with Crippen LogP contribution >= 0.6 is 46.4 Å². The summed E-state index contributed by atoms with van der Waals surface area (Å²) in [6, 6.07) is 7.90. The third-order valence-electron chi connectivity index (χ3n) is 3.23. The molecule has 0 saturated carbocycles. The van der Waals surface area contributed by atoms with Crippen LogP contribution in [0.3, 0.4) is 0 Å². The van der Waals surface area contributed by atoms with E-state index < -0.39 is 5.97 Å². The van der Waals surface area contributed by atoms with Crippen molar-refractivity contribution in [1.82, 2.24) is 0 Å². The van der Waals surface area contributed by atoms with Gasteiger partial charge in [-0.05, 0) is 41.1 Å². The average Bonchev–Trinajstić information content (AvgIpc) is 2.36. The van der Waals surface area contributed by atoms with Crippen LogP contribution in [0.4, 0.5) is 0 Å². The minimum absolute atomic E-state index is 0.0890. The zero-order chi connectivity index (χ0) is 15.3. The van der Waals surface area contributed by atoms with Gasteiger partial charge in [-0.25, -0.2) is 4.79 Å². The van der Waals surface area contributed by atoms with Crippen molar-refractivity contribution in [2.45, 2.75) is 0 Å². The molecule has 0 atom stereocenters. The molecule has 6 heteroatoms. The van der Waals surface area contributed by atoms with Gasteiger partial charge >= 0.3 is 5.97 Å². The second-order valence-corrected chi connectivity index (χ2v) is 6.21. The van der Waals surface area contributed by atoms with Crippen LogP contribution in [0.5, 0.6) is 0 Å². The van der Waals surface area contributed by atoms with Crippen molar-refractivity contribution in [2.75, 3.05) is 0 Å². The fraction of sp³-hybridized carbons (Fsp3) is 0. The van der Waals surface area contributed by atoms with E-state index in [1.165, 1.54) is 6.07 Å². The molecule has 0 aliphatic heterocycles. The highest BCUT2D eigenvalue weighted by Crippen LogP contribution is 2.39. The number of benzene rings is 3. The van der Waals surface area contributed by atoms with Crippen LogP contribution in [0, 0.1) is 0 Å². The Kier molecular flexibility index (Phi) is 3.66. The molecule has 0 amide bonds. The number of carboxylic acid groups (broad SMARTS) is 1. The van der Waals surface area contributed by atoms with Gasteiger partial charge in [0.25, 0.3) is 0 Å². The third kappa shape index (κ3) is 2.43. The highest BCUT2D eigenvalue weighted by atomic mass is 35.5. The van der Waals surface area contributed by atoms with Crippen molar-refractivity contribution in [1.29, 1.82) is 0 Å². The Morgan fingerprint density at radius 2 is 1.33 bits per heavy atom. The van der Waals surface area contributed by atoms with Crippen LogP contribution in [0.2, 0.25) is 20.1 Å². The number of aromatic carboxylic acids is 1. The number of hydrogen-bond donors (Lipinski definition) is 1. The molecule has 3 aromatic carbocycles. The van der Waals surface area contributed by atoms with Crippen molar-refractivity contribution in [2.24, 2.45) is 0 Å². The quantitative estimate of drug-likeness (QED) is 0.517. The molecule has 0 aromatic heterocycles. The first-order chi connectivity index (χ1) is 9.88. The molecule has 0 spiro atoms. The topological polar surface area (TPSA) is 37.3 Å². The summed E-state index contributed by atoms with van der Waals surface area (Å²) in [6.45, 7) is 0. The molecule has 1 N–H and O–H groups in total. The molecule has 0 fully saturated rings. The van der Waals surface area contributed by atoms with Gasteiger partial charge in [-0.2, -0.15) is 0 Å². The number of fused-ring (bicyclic) bond motifs is 3. The Hall–Kier alpha value is -1.19. The number of carboxylic acids is 1. The van der Waals surface area contributed by atoms with E-state index in [1.807, 2.05) is 0 Å². The number of carbonyl (C=O) groups is 1. The molecule has 0 aliphatic carbocycles. The van der Waals surface area contributed by atoms with Gasteiger partial charge in [0.2, 0.25) is 0 Å². The first kappa shape index (κ1) is 14.7. The monoisotopic (exact) mass is 358 g/mol. The predicted molar refractivity (Wildman–Crippen MR) is 88.5 cm³/mol. The van der Waals surface area contributed by atoms with Gasteiger partial charge in [0.05, 0.1) is 10.6 Å². The lowest BCUT2D eigenvalue weighted by Crippen LogP contribution is -1.98. The van der Waals surface area contributed by atoms with Gasteiger partial charge in [-0.1, -0.05) is 46.4 Å². The molecular formula is C15H6Cl4O2. The average molecular weight is 360 g/mol. The smallest absolute Gasteiger partial charge is 0.336 e. The lowest BCUT2D eigenvalue weighted by Gasteiger charge is -2.11. The van der Waals surface area contributed by atoms with Crippen LogP contribution in [0.25, 0.3) is 21.5 Å². The first-order valence-corrected chi connectivity index (χ1v) is 7.33. The van der Waals surface area contributed by atoms with Gasteiger partial charge in [0, 0.05) is 25.8 Å². The summed E-state index contributed by atoms with van der Waals surface area (Å²) in [7, 11) is 0. The molecule has 106 valence electrons. The minimum Gasteiger partial charge on any atom is -0.478 e. The Balaban J connectivity index is 2.67. The summed E-state index contributed by atoms with van der Waals surface area (Å²) < 4.78 is 0. The second kappa shape index (κ2) is 5.22. The second-order valence-electron chi connectivity index (χ2n) is 4.52. The molecule has 21 heavy (non-hydrogen) atoms. The van der Waals surface area contributed by atoms with Crippen molar-refractivity contribution in [3.63, 3.8) is 0 Å². The highest BCUT2D eigenvalue weighted by molar-refractivity contribution is 6.44. The summed E-state index contributed by atoms with van der Waals surface area (Å²) >= 11 is 24.5. The van der Waals surface area contributed by atoms with Crippen LogP contribution in [-0.4, -0.2) is 11.1 Å². The predicted octanol–water partition coefficient (Wildman–Crippen LogP) is 6.30. The maximum Gasteiger partial charge on any atom is 0.336 e. The Morgan fingerprint density at radius 3 is 1.95 bits per heavy atom. The van der Waals surface area contributed by atoms with Crippen molar-refractivity contribution in [3.8, 4) is 0 Å². The lowest BCUT2D eigenvalue weighted by molar-refractivity contribution is 0.0699. The molecule has 0 heterocycles. The van der Waals surface area contributed by atoms with E-state index in [2.05, 4.69) is 0 Å². The van der Waals surface area contributed by atoms with Gasteiger partial charge in [-0.3, -0.25) is 0 Å². The molecule has 0 radical (unpaired) electrons. The number of rotatable bonds is 1. The molecule has 0 bridgehead atoms. The Labute approximate surface area is 139 Å². The standard InChI is InChI=1S/C15H6Cl4O2/c16-6-1-9-8(12(18)3-6)5-11(15(20)21)10-2-7(17)4-13(19)14(9)10/h1-5H,(H,20,21). The van der Waals surface area contributed by atoms with Crippen LogP contribution < -0.4 is 0 Å². The SMILES string of the molecule is O=C(O)c1cc2c(Cl)cc(Cl)cc2c2c(Cl)cc(Cl)cc12. The van der Waals surface area contributed by atoms with E-state index in [0.29, 0.717) is 41.6 Å². The molecule has 0 saturated heterocycles. The number of halogens is 4. The summed E-state index contributed by atoms with van der Waals surface area (Å²) in [5, 5.41) is 13.2. The van der Waals surface area contributed by atoms with E-state index in [-0.39, 0.29) is 5.56 Å². The molecule has 3 aromatic rings. The summed E-state index contributed by atoms with van der Waals surface area (Å²) in [5.74, 6) is -1.08. The molecule has 0 unspecified atom stereocenters. The Morgan fingerprint density at radius 1 is 0.762 bits per heavy atom. The van der Waals surface area contributed by atoms with Gasteiger partial charge in [0.15, 0.2) is 0 Å². The summed E-state index contributed by atoms with van der Waals surface area (Å²) in [4.78, 5) is 11.5. The first-order valence-electron chi connectivity index (χ1n) is 5.82. The largest absolute Gasteiger partial charge is 0.478 e. The van der Waals surface area contributed by atoms with E-state index >= 15 is 0 Å². The molecule has 2 nitrogen and oxygen atoms in total. The van der Waals surface area contributed by atoms with Gasteiger partial charge in [-0.15, -0.1) is 0 Å². The fourth-order valence-electron chi connectivity index (χ4n) is 2.40. The van der Waals surface area contributed by atoms with Gasteiger partial charge < -0.3 is 5.11 Å². The summed E-state index contributed by atoms with van der Waals surface area (Å²) in [5.41, 5.74) is 0.0890. The van der Waals surface area contributed by atoms with Crippen molar-refractivity contribution >= 4 is 73.9 Å². The summed E-state index contributed by atoms with van der Waals surface area (Å²) in [6.07, 6.45) is 0. The Bertz CT molecular complexity index is 919. The maximum atomic E-state index is 11.5. The van der Waals surface area contributed by atoms with Crippen LogP contribution in [0.15, 0.2) is 30.3 Å². The zero-order valence-corrected chi connectivity index (χ0v) is 13.3.